The molecular weight excluding hydrogens is 200 g/mol. The molecule has 0 atom stereocenters. The van der Waals surface area contributed by atoms with E-state index in [1.165, 1.54) is 5.56 Å². The zero-order valence-corrected chi connectivity index (χ0v) is 9.73. The van der Waals surface area contributed by atoms with Gasteiger partial charge in [0.15, 0.2) is 6.29 Å². The van der Waals surface area contributed by atoms with Crippen LogP contribution in [0, 0.1) is 5.41 Å². The molecule has 16 heavy (non-hydrogen) atoms. The molecule has 3 nitrogen and oxygen atoms in total. The summed E-state index contributed by atoms with van der Waals surface area (Å²) in [6.07, 6.45) is 4.27. The van der Waals surface area contributed by atoms with E-state index in [4.69, 9.17) is 11.1 Å². The van der Waals surface area contributed by atoms with Crippen molar-refractivity contribution < 1.29 is 4.79 Å². The van der Waals surface area contributed by atoms with Crippen LogP contribution < -0.4 is 5.73 Å². The summed E-state index contributed by atoms with van der Waals surface area (Å²) < 4.78 is 0. The molecule has 0 unspecified atom stereocenters. The van der Waals surface area contributed by atoms with Crippen LogP contribution in [0.15, 0.2) is 35.9 Å². The van der Waals surface area contributed by atoms with Crippen molar-refractivity contribution in [3.05, 3.63) is 41.5 Å². The van der Waals surface area contributed by atoms with Crippen LogP contribution in [0.4, 0.5) is 5.69 Å². The van der Waals surface area contributed by atoms with Gasteiger partial charge in [0.1, 0.15) is 0 Å². The SMILES string of the molecule is C/C=C(\C=N)C=O.CCc1ccccc1N. The molecule has 0 aliphatic carbocycles. The number of hydrogen-bond acceptors (Lipinski definition) is 3. The molecule has 0 aliphatic rings. The quantitative estimate of drug-likeness (QED) is 0.354. The van der Waals surface area contributed by atoms with Crippen molar-refractivity contribution in [2.45, 2.75) is 20.3 Å². The number of hydrogen-bond donors (Lipinski definition) is 2. The van der Waals surface area contributed by atoms with Crippen LogP contribution in [-0.4, -0.2) is 12.5 Å². The summed E-state index contributed by atoms with van der Waals surface area (Å²) in [6, 6.07) is 7.94. The highest BCUT2D eigenvalue weighted by atomic mass is 16.1. The topological polar surface area (TPSA) is 66.9 Å². The fourth-order valence-corrected chi connectivity index (χ4v) is 1.04. The van der Waals surface area contributed by atoms with E-state index < -0.39 is 0 Å². The molecule has 0 spiro atoms. The Morgan fingerprint density at radius 3 is 2.31 bits per heavy atom. The zero-order chi connectivity index (χ0) is 12.4. The van der Waals surface area contributed by atoms with Gasteiger partial charge >= 0.3 is 0 Å². The van der Waals surface area contributed by atoms with E-state index in [1.54, 1.807) is 13.0 Å². The molecule has 1 rings (SSSR count). The summed E-state index contributed by atoms with van der Waals surface area (Å²) in [4.78, 5) is 9.75. The molecule has 0 bridgehead atoms. The largest absolute Gasteiger partial charge is 0.399 e. The molecule has 0 saturated heterocycles. The lowest BCUT2D eigenvalue weighted by atomic mass is 10.1. The van der Waals surface area contributed by atoms with Crippen LogP contribution in [0.5, 0.6) is 0 Å². The third kappa shape index (κ3) is 5.10. The van der Waals surface area contributed by atoms with Crippen molar-refractivity contribution in [1.82, 2.24) is 0 Å². The van der Waals surface area contributed by atoms with Crippen molar-refractivity contribution in [2.75, 3.05) is 5.73 Å². The maximum absolute atomic E-state index is 9.75. The van der Waals surface area contributed by atoms with Crippen LogP contribution in [0.2, 0.25) is 0 Å². The Bertz CT molecular complexity index is 360. The molecule has 0 amide bonds. The van der Waals surface area contributed by atoms with Gasteiger partial charge in [0.05, 0.1) is 0 Å². The summed E-state index contributed by atoms with van der Waals surface area (Å²) in [5.41, 5.74) is 8.18. The lowest BCUT2D eigenvalue weighted by Crippen LogP contribution is -1.90. The number of anilines is 1. The molecule has 0 aromatic heterocycles. The van der Waals surface area contributed by atoms with Gasteiger partial charge in [-0.25, -0.2) is 0 Å². The van der Waals surface area contributed by atoms with Gasteiger partial charge in [-0.05, 0) is 25.0 Å². The van der Waals surface area contributed by atoms with Crippen LogP contribution >= 0.6 is 0 Å². The van der Waals surface area contributed by atoms with Crippen molar-refractivity contribution in [3.63, 3.8) is 0 Å². The number of para-hydroxylation sites is 1. The predicted octanol–water partition coefficient (Wildman–Crippen LogP) is 2.61. The highest BCUT2D eigenvalue weighted by molar-refractivity contribution is 6.00. The van der Waals surface area contributed by atoms with E-state index in [1.807, 2.05) is 18.2 Å². The van der Waals surface area contributed by atoms with Gasteiger partial charge < -0.3 is 11.1 Å². The third-order valence-electron chi connectivity index (χ3n) is 2.07. The molecule has 86 valence electrons. The summed E-state index contributed by atoms with van der Waals surface area (Å²) in [6.45, 7) is 3.82. The summed E-state index contributed by atoms with van der Waals surface area (Å²) in [5.74, 6) is 0. The highest BCUT2D eigenvalue weighted by Crippen LogP contribution is 2.09. The Balaban J connectivity index is 0.000000293. The van der Waals surface area contributed by atoms with E-state index >= 15 is 0 Å². The number of carbonyl (C=O) groups is 1. The lowest BCUT2D eigenvalue weighted by molar-refractivity contribution is -0.104. The monoisotopic (exact) mass is 218 g/mol. The molecule has 0 heterocycles. The summed E-state index contributed by atoms with van der Waals surface area (Å²) in [7, 11) is 0. The fraction of sp³-hybridized carbons (Fsp3) is 0.231. The van der Waals surface area contributed by atoms with Gasteiger partial charge in [-0.2, -0.15) is 0 Å². The number of nitrogens with one attached hydrogen (secondary N) is 1. The standard InChI is InChI=1S/C8H11N.C5H7NO/c1-2-7-5-3-4-6-8(7)9;1-2-5(3-6)4-7/h3-6H,2,9H2,1H3;2-4,6H,1H3/b;5-2+,6-3?. The van der Waals surface area contributed by atoms with Crippen molar-refractivity contribution in [3.8, 4) is 0 Å². The van der Waals surface area contributed by atoms with Crippen LogP contribution in [0.25, 0.3) is 0 Å². The first kappa shape index (κ1) is 14.1. The molecule has 0 fully saturated rings. The van der Waals surface area contributed by atoms with Gasteiger partial charge in [-0.1, -0.05) is 31.2 Å². The highest BCUT2D eigenvalue weighted by Gasteiger charge is 1.90. The molecule has 3 N–H and O–H groups in total. The predicted molar refractivity (Wildman–Crippen MR) is 68.8 cm³/mol. The first-order valence-corrected chi connectivity index (χ1v) is 5.14. The minimum absolute atomic E-state index is 0.417. The number of nitrogen functional groups attached to an aromatic ring is 1. The van der Waals surface area contributed by atoms with Gasteiger partial charge in [-0.15, -0.1) is 0 Å². The molecular formula is C13H18N2O. The van der Waals surface area contributed by atoms with Crippen molar-refractivity contribution in [2.24, 2.45) is 0 Å². The minimum Gasteiger partial charge on any atom is -0.399 e. The molecule has 3 heteroatoms. The first-order valence-electron chi connectivity index (χ1n) is 5.14. The number of rotatable bonds is 3. The summed E-state index contributed by atoms with van der Waals surface area (Å²) in [5, 5.41) is 6.54. The summed E-state index contributed by atoms with van der Waals surface area (Å²) >= 11 is 0. The fourth-order valence-electron chi connectivity index (χ4n) is 1.04. The number of benzene rings is 1. The third-order valence-corrected chi connectivity index (χ3v) is 2.07. The molecule has 1 aromatic carbocycles. The van der Waals surface area contributed by atoms with Gasteiger partial charge in [0.2, 0.25) is 0 Å². The van der Waals surface area contributed by atoms with Crippen LogP contribution in [0.1, 0.15) is 19.4 Å². The maximum Gasteiger partial charge on any atom is 0.151 e. The number of aldehydes is 1. The van der Waals surface area contributed by atoms with Crippen molar-refractivity contribution in [1.29, 1.82) is 5.41 Å². The van der Waals surface area contributed by atoms with Gasteiger partial charge in [0.25, 0.3) is 0 Å². The second-order valence-corrected chi connectivity index (χ2v) is 3.10. The average molecular weight is 218 g/mol. The number of allylic oxidation sites excluding steroid dienone is 2. The number of carbonyl (C=O) groups excluding carboxylic acids is 1. The molecule has 0 radical (unpaired) electrons. The number of nitrogens with two attached hydrogens (primary N) is 1. The van der Waals surface area contributed by atoms with E-state index in [2.05, 4.69) is 13.0 Å². The second kappa shape index (κ2) is 8.41. The smallest absolute Gasteiger partial charge is 0.151 e. The van der Waals surface area contributed by atoms with Crippen LogP contribution in [0.3, 0.4) is 0 Å². The minimum atomic E-state index is 0.417. The molecule has 0 saturated carbocycles. The first-order chi connectivity index (χ1) is 7.69. The Hall–Kier alpha value is -1.90. The average Bonchev–Trinajstić information content (AvgIpc) is 2.33. The molecule has 0 aliphatic heterocycles. The lowest BCUT2D eigenvalue weighted by Gasteiger charge is -1.98. The van der Waals surface area contributed by atoms with E-state index in [-0.39, 0.29) is 0 Å². The van der Waals surface area contributed by atoms with Crippen LogP contribution in [-0.2, 0) is 11.2 Å². The second-order valence-electron chi connectivity index (χ2n) is 3.10. The Labute approximate surface area is 96.5 Å². The normalized spacial score (nSPS) is 10.0. The van der Waals surface area contributed by atoms with Crippen molar-refractivity contribution >= 4 is 18.2 Å². The van der Waals surface area contributed by atoms with Gasteiger partial charge in [0, 0.05) is 17.5 Å². The van der Waals surface area contributed by atoms with E-state index in [0.717, 1.165) is 18.3 Å². The van der Waals surface area contributed by atoms with E-state index in [0.29, 0.717) is 11.9 Å². The van der Waals surface area contributed by atoms with E-state index in [9.17, 15) is 4.79 Å². The Kier molecular flexibility index (Phi) is 7.41. The number of aryl methyl sites for hydroxylation is 1. The Morgan fingerprint density at radius 1 is 1.44 bits per heavy atom. The maximum atomic E-state index is 9.75. The zero-order valence-electron chi connectivity index (χ0n) is 9.73. The molecule has 1 aromatic rings. The van der Waals surface area contributed by atoms with Gasteiger partial charge in [-0.3, -0.25) is 4.79 Å². The Morgan fingerprint density at radius 2 is 2.06 bits per heavy atom.